The van der Waals surface area contributed by atoms with Crippen molar-refractivity contribution in [3.05, 3.63) is 11.6 Å². The summed E-state index contributed by atoms with van der Waals surface area (Å²) in [5, 5.41) is 17.6. The molecular formula is C29H50O3. The van der Waals surface area contributed by atoms with Crippen LogP contribution in [0.4, 0.5) is 0 Å². The van der Waals surface area contributed by atoms with Crippen molar-refractivity contribution in [2.24, 2.45) is 46.3 Å². The topological polar surface area (TPSA) is 57.5 Å². The van der Waals surface area contributed by atoms with Gasteiger partial charge in [0.2, 0.25) is 0 Å². The molecule has 4 aliphatic rings. The third-order valence-electron chi connectivity index (χ3n) is 10.3. The average Bonchev–Trinajstić information content (AvgIpc) is 3.05. The third-order valence-corrected chi connectivity index (χ3v) is 10.3. The highest BCUT2D eigenvalue weighted by Crippen LogP contribution is 2.67. The van der Waals surface area contributed by atoms with Gasteiger partial charge >= 0.3 is 0 Å². The van der Waals surface area contributed by atoms with E-state index >= 15 is 0 Å². The Morgan fingerprint density at radius 2 is 1.75 bits per heavy atom. The average molecular weight is 447 g/mol. The summed E-state index contributed by atoms with van der Waals surface area (Å²) in [5.41, 5.74) is 2.60. The summed E-state index contributed by atoms with van der Waals surface area (Å²) in [6.07, 6.45) is 17.2. The Kier molecular flexibility index (Phi) is 8.22. The van der Waals surface area contributed by atoms with Gasteiger partial charge in [-0.2, -0.15) is 0 Å². The Morgan fingerprint density at radius 1 is 1.06 bits per heavy atom. The normalized spacial score (nSPS) is 41.5. The van der Waals surface area contributed by atoms with Gasteiger partial charge in [-0.1, -0.05) is 65.5 Å². The van der Waals surface area contributed by atoms with E-state index < -0.39 is 5.97 Å². The van der Waals surface area contributed by atoms with E-state index in [1.165, 1.54) is 57.8 Å². The van der Waals surface area contributed by atoms with Crippen LogP contribution in [-0.4, -0.2) is 22.3 Å². The van der Waals surface area contributed by atoms with Crippen LogP contribution in [0.3, 0.4) is 0 Å². The first-order valence-electron chi connectivity index (χ1n) is 13.6. The van der Waals surface area contributed by atoms with E-state index in [1.807, 2.05) is 0 Å². The zero-order chi connectivity index (χ0) is 23.7. The monoisotopic (exact) mass is 446 g/mol. The van der Waals surface area contributed by atoms with Gasteiger partial charge in [0, 0.05) is 6.92 Å². The Hall–Kier alpha value is -0.830. The largest absolute Gasteiger partial charge is 0.481 e. The van der Waals surface area contributed by atoms with E-state index in [1.54, 1.807) is 5.57 Å². The van der Waals surface area contributed by atoms with Crippen LogP contribution in [0.2, 0.25) is 0 Å². The van der Waals surface area contributed by atoms with Crippen LogP contribution < -0.4 is 0 Å². The maximum Gasteiger partial charge on any atom is 0.300 e. The summed E-state index contributed by atoms with van der Waals surface area (Å²) in [6.45, 7) is 13.7. The lowest BCUT2D eigenvalue weighted by atomic mass is 9.47. The smallest absolute Gasteiger partial charge is 0.300 e. The molecule has 184 valence electrons. The minimum absolute atomic E-state index is 0.0766. The molecule has 1 unspecified atom stereocenters. The zero-order valence-corrected chi connectivity index (χ0v) is 21.7. The van der Waals surface area contributed by atoms with Crippen molar-refractivity contribution >= 4 is 5.97 Å². The number of rotatable bonds is 5. The van der Waals surface area contributed by atoms with Crippen LogP contribution >= 0.6 is 0 Å². The number of carbonyl (C=O) groups is 1. The number of aliphatic hydroxyl groups is 1. The molecular weight excluding hydrogens is 396 g/mol. The Labute approximate surface area is 197 Å². The molecule has 3 fully saturated rings. The Morgan fingerprint density at radius 3 is 2.41 bits per heavy atom. The summed E-state index contributed by atoms with van der Waals surface area (Å²) < 4.78 is 0. The van der Waals surface area contributed by atoms with Crippen molar-refractivity contribution < 1.29 is 15.0 Å². The molecule has 4 aliphatic carbocycles. The number of hydrogen-bond donors (Lipinski definition) is 2. The first kappa shape index (κ1) is 25.8. The number of carboxylic acid groups (broad SMARTS) is 1. The number of carboxylic acids is 1. The van der Waals surface area contributed by atoms with Crippen molar-refractivity contribution in [1.29, 1.82) is 0 Å². The summed E-state index contributed by atoms with van der Waals surface area (Å²) in [5.74, 6) is 4.62. The van der Waals surface area contributed by atoms with Gasteiger partial charge in [-0.05, 0) is 97.7 Å². The number of aliphatic carboxylic acids is 1. The van der Waals surface area contributed by atoms with Crippen molar-refractivity contribution in [3.8, 4) is 0 Å². The van der Waals surface area contributed by atoms with Crippen molar-refractivity contribution in [2.75, 3.05) is 0 Å². The molecule has 0 radical (unpaired) electrons. The molecule has 0 amide bonds. The third kappa shape index (κ3) is 5.13. The fraction of sp³-hybridized carbons (Fsp3) is 0.897. The number of hydrogen-bond acceptors (Lipinski definition) is 2. The lowest BCUT2D eigenvalue weighted by Gasteiger charge is -2.58. The molecule has 3 saturated carbocycles. The summed E-state index contributed by atoms with van der Waals surface area (Å²) >= 11 is 0. The summed E-state index contributed by atoms with van der Waals surface area (Å²) in [7, 11) is 0. The molecule has 0 aromatic carbocycles. The lowest BCUT2D eigenvalue weighted by molar-refractivity contribution is -0.134. The first-order chi connectivity index (χ1) is 15.0. The fourth-order valence-electron chi connectivity index (χ4n) is 8.67. The number of fused-ring (bicyclic) bond motifs is 5. The first-order valence-corrected chi connectivity index (χ1v) is 13.6. The zero-order valence-electron chi connectivity index (χ0n) is 21.7. The molecule has 0 spiro atoms. The van der Waals surface area contributed by atoms with E-state index in [0.29, 0.717) is 10.8 Å². The lowest BCUT2D eigenvalue weighted by Crippen LogP contribution is -2.50. The van der Waals surface area contributed by atoms with Crippen LogP contribution in [0.15, 0.2) is 11.6 Å². The van der Waals surface area contributed by atoms with E-state index in [2.05, 4.69) is 40.7 Å². The molecule has 0 heterocycles. The second-order valence-corrected chi connectivity index (χ2v) is 12.7. The van der Waals surface area contributed by atoms with Crippen molar-refractivity contribution in [2.45, 2.75) is 118 Å². The molecule has 3 heteroatoms. The SMILES string of the molecule is CC(=O)O.CC(C)CCCC(C)[C@H]1CC[C@H]2[C@@H]3CC=C4C[C@@H](O)CC[C@]4(C)[C@H]3CC[C@]12C. The molecule has 0 aromatic rings. The molecule has 4 rings (SSSR count). The van der Waals surface area contributed by atoms with Crippen molar-refractivity contribution in [1.82, 2.24) is 0 Å². The Bertz CT molecular complexity index is 678. The highest BCUT2D eigenvalue weighted by molar-refractivity contribution is 5.62. The Balaban J connectivity index is 0.000000668. The van der Waals surface area contributed by atoms with Gasteiger partial charge in [0.1, 0.15) is 0 Å². The standard InChI is InChI=1S/C27H46O.C2H4O2/c1-18(2)7-6-8-19(3)23-11-12-24-22-10-9-20-17-21(28)13-15-26(20,4)25(22)14-16-27(23,24)5;1-2(3)4/h9,18-19,21-25,28H,6-8,10-17H2,1-5H3;1H3,(H,3,4)/t19?,21-,22-,23+,24-,25-,26-,27+;/m0./s1. The molecule has 2 N–H and O–H groups in total. The minimum atomic E-state index is -0.833. The predicted octanol–water partition coefficient (Wildman–Crippen LogP) is 7.48. The van der Waals surface area contributed by atoms with Gasteiger partial charge in [-0.25, -0.2) is 0 Å². The van der Waals surface area contributed by atoms with Crippen LogP contribution in [0.5, 0.6) is 0 Å². The minimum Gasteiger partial charge on any atom is -0.481 e. The van der Waals surface area contributed by atoms with E-state index in [4.69, 9.17) is 9.90 Å². The molecule has 32 heavy (non-hydrogen) atoms. The second kappa shape index (κ2) is 10.2. The van der Waals surface area contributed by atoms with E-state index in [0.717, 1.165) is 55.3 Å². The molecule has 0 saturated heterocycles. The van der Waals surface area contributed by atoms with Gasteiger partial charge in [-0.3, -0.25) is 4.79 Å². The molecule has 0 aliphatic heterocycles. The van der Waals surface area contributed by atoms with E-state index in [-0.39, 0.29) is 6.10 Å². The number of allylic oxidation sites excluding steroid dienone is 1. The second-order valence-electron chi connectivity index (χ2n) is 12.7. The highest BCUT2D eigenvalue weighted by atomic mass is 16.4. The van der Waals surface area contributed by atoms with Crippen LogP contribution in [0.1, 0.15) is 112 Å². The molecule has 3 nitrogen and oxygen atoms in total. The molecule has 0 bridgehead atoms. The fourth-order valence-corrected chi connectivity index (χ4v) is 8.67. The van der Waals surface area contributed by atoms with Crippen LogP contribution in [0, 0.1) is 46.3 Å². The maximum atomic E-state index is 10.2. The van der Waals surface area contributed by atoms with Gasteiger partial charge in [0.05, 0.1) is 6.10 Å². The van der Waals surface area contributed by atoms with Gasteiger partial charge in [0.25, 0.3) is 5.97 Å². The number of aliphatic hydroxyl groups excluding tert-OH is 1. The summed E-state index contributed by atoms with van der Waals surface area (Å²) in [4.78, 5) is 9.00. The summed E-state index contributed by atoms with van der Waals surface area (Å²) in [6, 6.07) is 0. The van der Waals surface area contributed by atoms with Crippen molar-refractivity contribution in [3.63, 3.8) is 0 Å². The van der Waals surface area contributed by atoms with Gasteiger partial charge in [0.15, 0.2) is 0 Å². The quantitative estimate of drug-likeness (QED) is 0.430. The van der Waals surface area contributed by atoms with Crippen LogP contribution in [-0.2, 0) is 4.79 Å². The predicted molar refractivity (Wildman–Crippen MR) is 132 cm³/mol. The van der Waals surface area contributed by atoms with E-state index in [9.17, 15) is 5.11 Å². The van der Waals surface area contributed by atoms with Crippen LogP contribution in [0.25, 0.3) is 0 Å². The highest BCUT2D eigenvalue weighted by Gasteiger charge is 2.59. The molecule has 8 atom stereocenters. The maximum absolute atomic E-state index is 10.2. The van der Waals surface area contributed by atoms with Gasteiger partial charge < -0.3 is 10.2 Å². The molecule has 0 aromatic heterocycles. The van der Waals surface area contributed by atoms with Gasteiger partial charge in [-0.15, -0.1) is 0 Å².